The van der Waals surface area contributed by atoms with E-state index >= 15 is 0 Å². The number of hydrogen-bond acceptors (Lipinski definition) is 6. The highest BCUT2D eigenvalue weighted by Crippen LogP contribution is 2.31. The molecule has 1 N–H and O–H groups in total. The van der Waals surface area contributed by atoms with Crippen molar-refractivity contribution < 1.29 is 18.3 Å². The molecule has 1 aromatic carbocycles. The summed E-state index contributed by atoms with van der Waals surface area (Å²) in [6.07, 6.45) is 2.03. The molecule has 0 bridgehead atoms. The average molecular weight is 451 g/mol. The van der Waals surface area contributed by atoms with Crippen LogP contribution in [0.1, 0.15) is 19.8 Å². The number of halogens is 2. The Kier molecular flexibility index (Phi) is 6.45. The maximum absolute atomic E-state index is 13.9. The lowest BCUT2D eigenvalue weighted by Gasteiger charge is -2.16. The Morgan fingerprint density at radius 1 is 1.33 bits per heavy atom. The average Bonchev–Trinajstić information content (AvgIpc) is 3.48. The van der Waals surface area contributed by atoms with E-state index in [2.05, 4.69) is 15.5 Å². The number of nitrogens with one attached hydrogen (secondary N) is 1. The van der Waals surface area contributed by atoms with Crippen molar-refractivity contribution in [3.8, 4) is 10.7 Å². The van der Waals surface area contributed by atoms with E-state index in [0.717, 1.165) is 42.3 Å². The molecule has 0 radical (unpaired) electrons. The number of hydrogen-bond donors (Lipinski definition) is 1. The number of ether oxygens (including phenoxy) is 1. The van der Waals surface area contributed by atoms with Gasteiger partial charge in [-0.1, -0.05) is 23.9 Å². The van der Waals surface area contributed by atoms with Crippen LogP contribution in [0.4, 0.5) is 14.5 Å². The van der Waals surface area contributed by atoms with E-state index < -0.39 is 28.5 Å². The van der Waals surface area contributed by atoms with Gasteiger partial charge in [0.25, 0.3) is 0 Å². The molecule has 1 fully saturated rings. The molecule has 0 spiro atoms. The van der Waals surface area contributed by atoms with Crippen LogP contribution in [0, 0.1) is 11.6 Å². The lowest BCUT2D eigenvalue weighted by Crippen LogP contribution is -2.24. The Balaban J connectivity index is 1.53. The third-order valence-corrected chi connectivity index (χ3v) is 6.68. The number of carbonyl (C=O) groups excluding carboxylic acids is 1. The van der Waals surface area contributed by atoms with Gasteiger partial charge in [-0.05, 0) is 43.3 Å². The molecule has 3 heterocycles. The van der Waals surface area contributed by atoms with Crippen LogP contribution in [-0.2, 0) is 16.1 Å². The lowest BCUT2D eigenvalue weighted by atomic mass is 10.2. The van der Waals surface area contributed by atoms with Crippen molar-refractivity contribution >= 4 is 34.7 Å². The van der Waals surface area contributed by atoms with Gasteiger partial charge in [-0.25, -0.2) is 8.78 Å². The van der Waals surface area contributed by atoms with Crippen LogP contribution in [0.5, 0.6) is 0 Å². The lowest BCUT2D eigenvalue weighted by molar-refractivity contribution is -0.115. The van der Waals surface area contributed by atoms with Crippen LogP contribution < -0.4 is 5.32 Å². The summed E-state index contributed by atoms with van der Waals surface area (Å²) < 4.78 is 35.4. The third kappa shape index (κ3) is 4.55. The zero-order valence-electron chi connectivity index (χ0n) is 16.2. The van der Waals surface area contributed by atoms with Crippen molar-refractivity contribution in [1.82, 2.24) is 14.8 Å². The number of nitrogens with zero attached hydrogens (tertiary/aromatic N) is 3. The van der Waals surface area contributed by atoms with Crippen LogP contribution >= 0.6 is 23.1 Å². The minimum atomic E-state index is -0.818. The summed E-state index contributed by atoms with van der Waals surface area (Å²) >= 11 is 2.75. The molecule has 1 aliphatic rings. The molecular weight excluding hydrogens is 430 g/mol. The highest BCUT2D eigenvalue weighted by molar-refractivity contribution is 8.00. The number of rotatable bonds is 7. The third-order valence-electron chi connectivity index (χ3n) is 4.73. The molecule has 2 aromatic heterocycles. The number of carbonyl (C=O) groups is 1. The monoisotopic (exact) mass is 450 g/mol. The van der Waals surface area contributed by atoms with Gasteiger partial charge >= 0.3 is 0 Å². The Hall–Kier alpha value is -2.30. The summed E-state index contributed by atoms with van der Waals surface area (Å²) in [5.41, 5.74) is -0.449. The van der Waals surface area contributed by atoms with E-state index in [1.54, 1.807) is 18.3 Å². The predicted octanol–water partition coefficient (Wildman–Crippen LogP) is 4.58. The Labute approximate surface area is 180 Å². The fourth-order valence-corrected chi connectivity index (χ4v) is 4.75. The number of thiophene rings is 1. The van der Waals surface area contributed by atoms with Crippen molar-refractivity contribution in [1.29, 1.82) is 0 Å². The molecule has 3 aromatic rings. The Morgan fingerprint density at radius 3 is 2.80 bits per heavy atom. The molecule has 158 valence electrons. The molecule has 0 saturated carbocycles. The number of benzene rings is 1. The van der Waals surface area contributed by atoms with Crippen LogP contribution in [0.15, 0.2) is 40.9 Å². The smallest absolute Gasteiger partial charge is 0.237 e. The van der Waals surface area contributed by atoms with Crippen LogP contribution in [0.25, 0.3) is 10.7 Å². The number of amides is 1. The molecule has 0 aliphatic carbocycles. The van der Waals surface area contributed by atoms with Gasteiger partial charge in [0.15, 0.2) is 11.0 Å². The largest absolute Gasteiger partial charge is 0.376 e. The van der Waals surface area contributed by atoms with E-state index in [-0.39, 0.29) is 6.10 Å². The molecule has 1 amide bonds. The minimum Gasteiger partial charge on any atom is -0.376 e. The summed E-state index contributed by atoms with van der Waals surface area (Å²) in [6, 6.07) is 7.35. The summed E-state index contributed by atoms with van der Waals surface area (Å²) in [5.74, 6) is -1.44. The van der Waals surface area contributed by atoms with Gasteiger partial charge in [-0.15, -0.1) is 21.5 Å². The standard InChI is InChI=1S/C20H20F2N4O2S2/c1-12(19(27)23-17-14(21)6-2-7-15(17)22)30-20-25-24-18(16-8-4-10-29-16)26(20)11-13-5-3-9-28-13/h2,4,6-8,10,12-13H,3,5,9,11H2,1H3,(H,23,27). The summed E-state index contributed by atoms with van der Waals surface area (Å²) in [4.78, 5) is 13.5. The number of anilines is 1. The quantitative estimate of drug-likeness (QED) is 0.534. The first-order valence-corrected chi connectivity index (χ1v) is 11.3. The van der Waals surface area contributed by atoms with Gasteiger partial charge in [-0.2, -0.15) is 0 Å². The molecule has 10 heteroatoms. The molecule has 1 aliphatic heterocycles. The van der Waals surface area contributed by atoms with Crippen molar-refractivity contribution in [3.05, 3.63) is 47.3 Å². The number of thioether (sulfide) groups is 1. The van der Waals surface area contributed by atoms with Crippen molar-refractivity contribution in [2.75, 3.05) is 11.9 Å². The van der Waals surface area contributed by atoms with E-state index in [1.165, 1.54) is 17.8 Å². The summed E-state index contributed by atoms with van der Waals surface area (Å²) in [6.45, 7) is 2.98. The van der Waals surface area contributed by atoms with Gasteiger partial charge in [0.1, 0.15) is 17.3 Å². The highest BCUT2D eigenvalue weighted by Gasteiger charge is 2.25. The van der Waals surface area contributed by atoms with E-state index in [1.807, 2.05) is 22.1 Å². The maximum atomic E-state index is 13.9. The predicted molar refractivity (Wildman–Crippen MR) is 113 cm³/mol. The highest BCUT2D eigenvalue weighted by atomic mass is 32.2. The molecule has 4 rings (SSSR count). The normalized spacial score (nSPS) is 17.2. The molecule has 1 saturated heterocycles. The van der Waals surface area contributed by atoms with E-state index in [9.17, 15) is 13.6 Å². The zero-order valence-corrected chi connectivity index (χ0v) is 17.8. The second-order valence-corrected chi connectivity index (χ2v) is 9.13. The maximum Gasteiger partial charge on any atom is 0.237 e. The van der Waals surface area contributed by atoms with E-state index in [0.29, 0.717) is 11.7 Å². The van der Waals surface area contributed by atoms with E-state index in [4.69, 9.17) is 4.74 Å². The van der Waals surface area contributed by atoms with Gasteiger partial charge in [-0.3, -0.25) is 9.36 Å². The van der Waals surface area contributed by atoms with Crippen LogP contribution in [0.2, 0.25) is 0 Å². The molecule has 2 unspecified atom stereocenters. The van der Waals surface area contributed by atoms with Gasteiger partial charge in [0, 0.05) is 6.61 Å². The fraction of sp³-hybridized carbons (Fsp3) is 0.350. The summed E-state index contributed by atoms with van der Waals surface area (Å²) in [5, 5.41) is 12.8. The van der Waals surface area contributed by atoms with Gasteiger partial charge in [0.2, 0.25) is 5.91 Å². The summed E-state index contributed by atoms with van der Waals surface area (Å²) in [7, 11) is 0. The minimum absolute atomic E-state index is 0.0655. The Bertz CT molecular complexity index is 1000. The van der Waals surface area contributed by atoms with Crippen molar-refractivity contribution in [2.24, 2.45) is 0 Å². The number of para-hydroxylation sites is 1. The first-order valence-electron chi connectivity index (χ1n) is 9.53. The molecular formula is C20H20F2N4O2S2. The zero-order chi connectivity index (χ0) is 21.1. The second kappa shape index (κ2) is 9.23. The van der Waals surface area contributed by atoms with Crippen LogP contribution in [-0.4, -0.2) is 38.6 Å². The Morgan fingerprint density at radius 2 is 2.13 bits per heavy atom. The van der Waals surface area contributed by atoms with Gasteiger partial charge < -0.3 is 10.1 Å². The second-order valence-electron chi connectivity index (χ2n) is 6.88. The SMILES string of the molecule is CC(Sc1nnc(-c2cccs2)n1CC1CCCO1)C(=O)Nc1c(F)cccc1F. The topological polar surface area (TPSA) is 69.0 Å². The van der Waals surface area contributed by atoms with Gasteiger partial charge in [0.05, 0.1) is 22.8 Å². The number of aromatic nitrogens is 3. The first-order chi connectivity index (χ1) is 14.5. The molecule has 30 heavy (non-hydrogen) atoms. The van der Waals surface area contributed by atoms with Crippen LogP contribution in [0.3, 0.4) is 0 Å². The molecule has 6 nitrogen and oxygen atoms in total. The fourth-order valence-electron chi connectivity index (χ4n) is 3.17. The van der Waals surface area contributed by atoms with Crippen molar-refractivity contribution in [2.45, 2.75) is 42.8 Å². The molecule has 2 atom stereocenters. The van der Waals surface area contributed by atoms with Crippen molar-refractivity contribution in [3.63, 3.8) is 0 Å². The first kappa shape index (κ1) is 21.0.